The Kier molecular flexibility index (Phi) is 70.7. The molecule has 0 aromatic rings. The molecule has 2 atom stereocenters. The number of likely N-dealkylation sites (N-methyl/N-ethyl adjacent to an activating group) is 1. The van der Waals surface area contributed by atoms with Gasteiger partial charge in [0.1, 0.15) is 13.2 Å². The highest BCUT2D eigenvalue weighted by Gasteiger charge is 2.25. The summed E-state index contributed by atoms with van der Waals surface area (Å²) in [5.74, 6) is -1.96. The molecule has 1 N–H and O–H groups in total. The number of hydrogen-bond acceptors (Lipinski definition) is 7. The van der Waals surface area contributed by atoms with Gasteiger partial charge in [-0.2, -0.15) is 0 Å². The van der Waals surface area contributed by atoms with Crippen LogP contribution in [0.25, 0.3) is 0 Å². The monoisotopic (exact) mass is 1260 g/mol. The summed E-state index contributed by atoms with van der Waals surface area (Å²) in [5, 5.41) is 9.76. The highest BCUT2D eigenvalue weighted by Crippen LogP contribution is 2.21. The van der Waals surface area contributed by atoms with E-state index in [9.17, 15) is 19.5 Å². The number of carbonyl (C=O) groups is 3. The van der Waals surface area contributed by atoms with Crippen LogP contribution in [0.5, 0.6) is 0 Å². The Morgan fingerprint density at radius 1 is 0.292 bits per heavy atom. The lowest BCUT2D eigenvalue weighted by molar-refractivity contribution is -0.870. The molecule has 0 rings (SSSR count). The molecule has 0 aliphatic rings. The van der Waals surface area contributed by atoms with E-state index in [4.69, 9.17) is 18.9 Å². The van der Waals surface area contributed by atoms with Crippen LogP contribution in [0.4, 0.5) is 0 Å². The van der Waals surface area contributed by atoms with Crippen molar-refractivity contribution in [3.8, 4) is 0 Å². The molecule has 9 nitrogen and oxygen atoms in total. The van der Waals surface area contributed by atoms with Gasteiger partial charge in [-0.25, -0.2) is 4.79 Å². The number of rotatable bonds is 77. The minimum Gasteiger partial charge on any atom is -0.477 e. The molecule has 0 fully saturated rings. The van der Waals surface area contributed by atoms with Gasteiger partial charge in [0.2, 0.25) is 0 Å². The van der Waals surface area contributed by atoms with E-state index in [1.807, 2.05) is 21.1 Å². The third-order valence-electron chi connectivity index (χ3n) is 18.9. The molecule has 0 saturated carbocycles. The molecule has 0 amide bonds. The third-order valence-corrected chi connectivity index (χ3v) is 18.9. The first-order valence-electron chi connectivity index (χ1n) is 40.2. The summed E-state index contributed by atoms with van der Waals surface area (Å²) in [6.45, 7) is 4.98. The van der Waals surface area contributed by atoms with Crippen molar-refractivity contribution in [2.45, 2.75) is 450 Å². The van der Waals surface area contributed by atoms with Crippen LogP contribution in [0.1, 0.15) is 438 Å². The summed E-state index contributed by atoms with van der Waals surface area (Å²) in [7, 11) is 6.00. The number of carbonyl (C=O) groups excluding carboxylic acids is 2. The van der Waals surface area contributed by atoms with E-state index in [1.165, 1.54) is 372 Å². The van der Waals surface area contributed by atoms with Gasteiger partial charge in [-0.3, -0.25) is 9.59 Å². The van der Waals surface area contributed by atoms with Gasteiger partial charge < -0.3 is 28.5 Å². The number of esters is 2. The lowest BCUT2D eigenvalue weighted by atomic mass is 10.0. The van der Waals surface area contributed by atoms with E-state index in [-0.39, 0.29) is 38.2 Å². The van der Waals surface area contributed by atoms with E-state index in [2.05, 4.69) is 13.8 Å². The number of unbranched alkanes of at least 4 members (excludes halogenated alkanes) is 62. The fourth-order valence-corrected chi connectivity index (χ4v) is 12.7. The van der Waals surface area contributed by atoms with Gasteiger partial charge in [-0.15, -0.1) is 0 Å². The van der Waals surface area contributed by atoms with Crippen molar-refractivity contribution >= 4 is 17.9 Å². The standard InChI is InChI=1S/C80H157NO8/c1-6-8-10-12-14-16-18-20-22-24-26-28-30-31-32-33-34-35-36-37-38-39-40-41-42-43-44-45-46-47-49-51-53-55-57-59-61-63-65-67-69-71-78(83)89-76(75-88-80(79(84)85)86-73-72-81(3,4)5)74-87-77(82)70-68-66-64-62-60-58-56-54-52-50-48-29-27-25-23-21-19-17-15-13-11-9-7-2/h76,80H,6-75H2,1-5H3/p+1. The lowest BCUT2D eigenvalue weighted by Gasteiger charge is -2.25. The summed E-state index contributed by atoms with van der Waals surface area (Å²) in [6.07, 6.45) is 85.7. The number of nitrogens with zero attached hydrogens (tertiary/aromatic N) is 1. The summed E-state index contributed by atoms with van der Waals surface area (Å²) < 4.78 is 23.1. The van der Waals surface area contributed by atoms with E-state index < -0.39 is 18.4 Å². The van der Waals surface area contributed by atoms with E-state index >= 15 is 0 Å². The van der Waals surface area contributed by atoms with Crippen LogP contribution < -0.4 is 0 Å². The molecule has 0 saturated heterocycles. The van der Waals surface area contributed by atoms with Crippen LogP contribution in [-0.4, -0.2) is 87.4 Å². The molecule has 89 heavy (non-hydrogen) atoms. The van der Waals surface area contributed by atoms with Crippen LogP contribution in [0.15, 0.2) is 0 Å². The van der Waals surface area contributed by atoms with Gasteiger partial charge in [0.15, 0.2) is 6.10 Å². The molecular weight excluding hydrogens is 1100 g/mol. The molecule has 0 radical (unpaired) electrons. The van der Waals surface area contributed by atoms with Crippen molar-refractivity contribution in [3.63, 3.8) is 0 Å². The number of carboxylic acids is 1. The van der Waals surface area contributed by atoms with Crippen LogP contribution in [0.2, 0.25) is 0 Å². The van der Waals surface area contributed by atoms with Crippen molar-refractivity contribution in [1.82, 2.24) is 0 Å². The summed E-state index contributed by atoms with van der Waals surface area (Å²) in [4.78, 5) is 37.7. The number of ether oxygens (including phenoxy) is 4. The Hall–Kier alpha value is -1.71. The molecular formula is C80H158NO8+. The first-order chi connectivity index (χ1) is 43.6. The molecule has 0 aliphatic carbocycles. The maximum atomic E-state index is 13.0. The van der Waals surface area contributed by atoms with Gasteiger partial charge in [0.05, 0.1) is 34.4 Å². The molecule has 0 spiro atoms. The second-order valence-electron chi connectivity index (χ2n) is 29.1. The maximum absolute atomic E-state index is 13.0. The molecule has 530 valence electrons. The number of hydrogen-bond donors (Lipinski definition) is 1. The first kappa shape index (κ1) is 87.3. The molecule has 0 heterocycles. The second-order valence-corrected chi connectivity index (χ2v) is 29.1. The topological polar surface area (TPSA) is 108 Å². The van der Waals surface area contributed by atoms with Crippen molar-refractivity contribution in [2.24, 2.45) is 0 Å². The fourth-order valence-electron chi connectivity index (χ4n) is 12.7. The van der Waals surface area contributed by atoms with E-state index in [1.54, 1.807) is 0 Å². The van der Waals surface area contributed by atoms with Crippen LogP contribution in [0.3, 0.4) is 0 Å². The van der Waals surface area contributed by atoms with Crippen LogP contribution in [-0.2, 0) is 33.3 Å². The van der Waals surface area contributed by atoms with Crippen LogP contribution >= 0.6 is 0 Å². The van der Waals surface area contributed by atoms with Gasteiger partial charge in [0.25, 0.3) is 6.29 Å². The summed E-state index contributed by atoms with van der Waals surface area (Å²) >= 11 is 0. The smallest absolute Gasteiger partial charge is 0.361 e. The highest BCUT2D eigenvalue weighted by molar-refractivity contribution is 5.71. The average molecular weight is 1260 g/mol. The van der Waals surface area contributed by atoms with Gasteiger partial charge in [-0.1, -0.05) is 412 Å². The Morgan fingerprint density at radius 3 is 0.719 bits per heavy atom. The fraction of sp³-hybridized carbons (Fsp3) is 0.963. The van der Waals surface area contributed by atoms with Gasteiger partial charge in [-0.05, 0) is 12.8 Å². The Balaban J connectivity index is 3.89. The van der Waals surface area contributed by atoms with E-state index in [0.29, 0.717) is 17.4 Å². The zero-order valence-electron chi connectivity index (χ0n) is 60.9. The third kappa shape index (κ3) is 73.6. The summed E-state index contributed by atoms with van der Waals surface area (Å²) in [5.41, 5.74) is 0. The van der Waals surface area contributed by atoms with Gasteiger partial charge >= 0.3 is 17.9 Å². The van der Waals surface area contributed by atoms with E-state index in [0.717, 1.165) is 38.5 Å². The molecule has 0 aliphatic heterocycles. The number of quaternary nitrogens is 1. The Morgan fingerprint density at radius 2 is 0.506 bits per heavy atom. The first-order valence-corrected chi connectivity index (χ1v) is 40.2. The molecule has 2 unspecified atom stereocenters. The van der Waals surface area contributed by atoms with Crippen molar-refractivity contribution in [1.29, 1.82) is 0 Å². The molecule has 0 aromatic heterocycles. The van der Waals surface area contributed by atoms with Crippen LogP contribution in [0, 0.1) is 0 Å². The van der Waals surface area contributed by atoms with Crippen molar-refractivity contribution in [2.75, 3.05) is 47.5 Å². The number of aliphatic carboxylic acids is 1. The Labute approximate surface area is 555 Å². The quantitative estimate of drug-likeness (QED) is 0.0278. The zero-order chi connectivity index (χ0) is 64.7. The van der Waals surface area contributed by atoms with Crippen molar-refractivity contribution in [3.05, 3.63) is 0 Å². The highest BCUT2D eigenvalue weighted by atomic mass is 16.7. The zero-order valence-corrected chi connectivity index (χ0v) is 60.9. The Bertz CT molecular complexity index is 1420. The minimum atomic E-state index is -1.50. The minimum absolute atomic E-state index is 0.172. The predicted molar refractivity (Wildman–Crippen MR) is 383 cm³/mol. The normalized spacial score (nSPS) is 12.5. The second kappa shape index (κ2) is 72.1. The van der Waals surface area contributed by atoms with Gasteiger partial charge in [0, 0.05) is 12.8 Å². The molecule has 0 bridgehead atoms. The largest absolute Gasteiger partial charge is 0.477 e. The molecule has 9 heteroatoms. The molecule has 0 aromatic carbocycles. The van der Waals surface area contributed by atoms with Crippen molar-refractivity contribution < 1.29 is 42.9 Å². The number of carboxylic acid groups (broad SMARTS) is 1. The SMILES string of the molecule is CCCCCCCCCCCCCCCCCCCCCCCCCCCCCCCCCCCCCCCCCCCC(=O)OC(COC(=O)CCCCCCCCCCCCCCCCCCCCCCCCC)COC(OCC[N+](C)(C)C)C(=O)O. The predicted octanol–water partition coefficient (Wildman–Crippen LogP) is 25.4. The maximum Gasteiger partial charge on any atom is 0.361 e. The summed E-state index contributed by atoms with van der Waals surface area (Å²) in [6, 6.07) is 0. The lowest BCUT2D eigenvalue weighted by Crippen LogP contribution is -2.40. The average Bonchev–Trinajstić information content (AvgIpc) is 3.64.